The average molecular weight is 489 g/mol. The number of aromatic nitrogens is 2. The van der Waals surface area contributed by atoms with Crippen LogP contribution in [-0.2, 0) is 4.79 Å². The number of fused-ring (bicyclic) bond motifs is 1. The maximum absolute atomic E-state index is 12.4. The lowest BCUT2D eigenvalue weighted by molar-refractivity contribution is -0.123. The molecule has 0 aliphatic carbocycles. The number of nitrogens with zero attached hydrogens (tertiary/aromatic N) is 2. The molecule has 1 aromatic heterocycles. The van der Waals surface area contributed by atoms with Crippen molar-refractivity contribution >= 4 is 23.0 Å². The van der Waals surface area contributed by atoms with Gasteiger partial charge in [0.05, 0.1) is 38.4 Å². The van der Waals surface area contributed by atoms with E-state index in [0.29, 0.717) is 50.9 Å². The Morgan fingerprint density at radius 1 is 0.972 bits per heavy atom. The van der Waals surface area contributed by atoms with Crippen LogP contribution in [0.5, 0.6) is 23.0 Å². The summed E-state index contributed by atoms with van der Waals surface area (Å²) in [5.74, 6) is 1.85. The Kier molecular flexibility index (Phi) is 7.45. The first-order valence-corrected chi connectivity index (χ1v) is 10.9. The normalized spacial score (nSPS) is 10.9. The van der Waals surface area contributed by atoms with Crippen molar-refractivity contribution in [2.45, 2.75) is 0 Å². The average Bonchev–Trinajstić information content (AvgIpc) is 2.91. The molecule has 4 rings (SSSR count). The summed E-state index contributed by atoms with van der Waals surface area (Å²) in [6, 6.07) is 17.3. The molecule has 2 N–H and O–H groups in total. The second-order valence-corrected chi connectivity index (χ2v) is 7.49. The van der Waals surface area contributed by atoms with Gasteiger partial charge in [-0.05, 0) is 48.5 Å². The van der Waals surface area contributed by atoms with Crippen LogP contribution in [-0.4, -0.2) is 50.0 Å². The number of amides is 1. The van der Waals surface area contributed by atoms with Crippen LogP contribution in [0.3, 0.4) is 0 Å². The lowest BCUT2D eigenvalue weighted by Gasteiger charge is -2.12. The largest absolute Gasteiger partial charge is 0.497 e. The number of carbonyl (C=O) groups excluding carboxylic acids is 1. The van der Waals surface area contributed by atoms with Crippen LogP contribution >= 0.6 is 0 Å². The number of carbonyl (C=O) groups is 1. The van der Waals surface area contributed by atoms with E-state index in [1.807, 2.05) is 6.07 Å². The van der Waals surface area contributed by atoms with Gasteiger partial charge in [0.1, 0.15) is 17.3 Å². The fourth-order valence-corrected chi connectivity index (χ4v) is 3.45. The number of ether oxygens (including phenoxy) is 4. The third-order valence-electron chi connectivity index (χ3n) is 5.24. The number of hydrogen-bond donors (Lipinski definition) is 2. The summed E-state index contributed by atoms with van der Waals surface area (Å²) >= 11 is 0. The second kappa shape index (κ2) is 11.0. The first-order chi connectivity index (χ1) is 17.5. The van der Waals surface area contributed by atoms with Crippen molar-refractivity contribution in [1.29, 1.82) is 0 Å². The molecule has 36 heavy (non-hydrogen) atoms. The molecule has 0 aliphatic heterocycles. The predicted molar refractivity (Wildman–Crippen MR) is 135 cm³/mol. The number of hydrazone groups is 1. The highest BCUT2D eigenvalue weighted by Crippen LogP contribution is 2.31. The van der Waals surface area contributed by atoms with E-state index >= 15 is 0 Å². The Bertz CT molecular complexity index is 1480. The SMILES string of the molecule is COc1ccc(OC)c(/C=N/NC(=O)COc2ccc(-c3nc4ccccc4c(=O)[nH]3)cc2OC)c1. The first-order valence-electron chi connectivity index (χ1n) is 10.9. The third kappa shape index (κ3) is 5.44. The molecule has 3 aromatic carbocycles. The molecule has 10 nitrogen and oxygen atoms in total. The molecule has 0 aliphatic rings. The molecule has 0 radical (unpaired) electrons. The summed E-state index contributed by atoms with van der Waals surface area (Å²) in [5, 5.41) is 4.46. The van der Waals surface area contributed by atoms with Crippen LogP contribution in [0, 0.1) is 0 Å². The Labute approximate surface area is 206 Å². The lowest BCUT2D eigenvalue weighted by Crippen LogP contribution is -2.24. The molecule has 184 valence electrons. The Balaban J connectivity index is 1.43. The minimum atomic E-state index is -0.472. The fourth-order valence-electron chi connectivity index (χ4n) is 3.45. The van der Waals surface area contributed by atoms with Crippen molar-refractivity contribution < 1.29 is 23.7 Å². The van der Waals surface area contributed by atoms with Gasteiger partial charge in [0.25, 0.3) is 11.5 Å². The van der Waals surface area contributed by atoms with Crippen molar-refractivity contribution in [3.63, 3.8) is 0 Å². The van der Waals surface area contributed by atoms with Crippen LogP contribution < -0.4 is 29.9 Å². The topological polar surface area (TPSA) is 124 Å². The zero-order valence-electron chi connectivity index (χ0n) is 19.9. The summed E-state index contributed by atoms with van der Waals surface area (Å²) in [7, 11) is 4.58. The minimum Gasteiger partial charge on any atom is -0.497 e. The molecule has 0 atom stereocenters. The number of para-hydroxylation sites is 1. The van der Waals surface area contributed by atoms with Crippen molar-refractivity contribution in [3.8, 4) is 34.4 Å². The van der Waals surface area contributed by atoms with Crippen LogP contribution in [0.2, 0.25) is 0 Å². The van der Waals surface area contributed by atoms with Crippen molar-refractivity contribution in [3.05, 3.63) is 76.6 Å². The summed E-state index contributed by atoms with van der Waals surface area (Å²) in [5.41, 5.74) is 4.02. The number of methoxy groups -OCH3 is 3. The zero-order valence-corrected chi connectivity index (χ0v) is 19.9. The highest BCUT2D eigenvalue weighted by molar-refractivity contribution is 5.86. The fraction of sp³-hybridized carbons (Fsp3) is 0.154. The van der Waals surface area contributed by atoms with Gasteiger partial charge in [-0.2, -0.15) is 5.10 Å². The molecule has 0 saturated heterocycles. The molecule has 1 heterocycles. The molecule has 0 saturated carbocycles. The highest BCUT2D eigenvalue weighted by atomic mass is 16.5. The molecular formula is C26H24N4O6. The maximum Gasteiger partial charge on any atom is 0.277 e. The van der Waals surface area contributed by atoms with Gasteiger partial charge in [-0.25, -0.2) is 10.4 Å². The molecule has 4 aromatic rings. The van der Waals surface area contributed by atoms with Crippen LogP contribution in [0.4, 0.5) is 0 Å². The molecule has 0 fully saturated rings. The Morgan fingerprint density at radius 3 is 2.53 bits per heavy atom. The summed E-state index contributed by atoms with van der Waals surface area (Å²) in [6.07, 6.45) is 1.45. The Hall–Kier alpha value is -4.86. The van der Waals surface area contributed by atoms with Gasteiger partial charge in [0.2, 0.25) is 0 Å². The van der Waals surface area contributed by atoms with Crippen molar-refractivity contribution in [2.75, 3.05) is 27.9 Å². The van der Waals surface area contributed by atoms with E-state index in [2.05, 4.69) is 20.5 Å². The predicted octanol–water partition coefficient (Wildman–Crippen LogP) is 3.15. The van der Waals surface area contributed by atoms with E-state index in [1.54, 1.807) is 61.7 Å². The van der Waals surface area contributed by atoms with Gasteiger partial charge in [-0.3, -0.25) is 9.59 Å². The molecule has 0 spiro atoms. The van der Waals surface area contributed by atoms with E-state index in [4.69, 9.17) is 18.9 Å². The van der Waals surface area contributed by atoms with Gasteiger partial charge in [-0.15, -0.1) is 0 Å². The maximum atomic E-state index is 12.4. The van der Waals surface area contributed by atoms with E-state index in [0.717, 1.165) is 0 Å². The number of aromatic amines is 1. The van der Waals surface area contributed by atoms with Crippen LogP contribution in [0.1, 0.15) is 5.56 Å². The van der Waals surface area contributed by atoms with Gasteiger partial charge >= 0.3 is 0 Å². The van der Waals surface area contributed by atoms with E-state index in [9.17, 15) is 9.59 Å². The standard InChI is InChI=1S/C26H24N4O6/c1-33-18-9-11-21(34-2)17(12-18)14-27-30-24(31)15-36-22-10-8-16(13-23(22)35-3)25-28-20-7-5-4-6-19(20)26(32)29-25/h4-14H,15H2,1-3H3,(H,30,31)(H,28,29,32)/b27-14+. The molecular weight excluding hydrogens is 464 g/mol. The van der Waals surface area contributed by atoms with Crippen molar-refractivity contribution in [1.82, 2.24) is 15.4 Å². The summed E-state index contributed by atoms with van der Waals surface area (Å²) in [6.45, 7) is -0.298. The summed E-state index contributed by atoms with van der Waals surface area (Å²) < 4.78 is 21.5. The second-order valence-electron chi connectivity index (χ2n) is 7.49. The number of hydrogen-bond acceptors (Lipinski definition) is 8. The summed E-state index contributed by atoms with van der Waals surface area (Å²) in [4.78, 5) is 31.9. The number of benzene rings is 3. The van der Waals surface area contributed by atoms with E-state index < -0.39 is 5.91 Å². The quantitative estimate of drug-likeness (QED) is 0.274. The third-order valence-corrected chi connectivity index (χ3v) is 5.24. The molecule has 0 unspecified atom stereocenters. The minimum absolute atomic E-state index is 0.237. The van der Waals surface area contributed by atoms with Gasteiger partial charge in [0.15, 0.2) is 18.1 Å². The zero-order chi connectivity index (χ0) is 25.5. The molecule has 1 amide bonds. The number of nitrogens with one attached hydrogen (secondary N) is 2. The number of rotatable bonds is 9. The van der Waals surface area contributed by atoms with Crippen molar-refractivity contribution in [2.24, 2.45) is 5.10 Å². The first kappa shape index (κ1) is 24.3. The van der Waals surface area contributed by atoms with E-state index in [-0.39, 0.29) is 12.2 Å². The van der Waals surface area contributed by atoms with Crippen LogP contribution in [0.15, 0.2) is 70.6 Å². The lowest BCUT2D eigenvalue weighted by atomic mass is 10.1. The van der Waals surface area contributed by atoms with Gasteiger partial charge in [0, 0.05) is 11.1 Å². The molecule has 10 heteroatoms. The van der Waals surface area contributed by atoms with Gasteiger partial charge in [-0.1, -0.05) is 12.1 Å². The smallest absolute Gasteiger partial charge is 0.277 e. The van der Waals surface area contributed by atoms with Gasteiger partial charge < -0.3 is 23.9 Å². The Morgan fingerprint density at radius 2 is 1.75 bits per heavy atom. The molecule has 0 bridgehead atoms. The monoisotopic (exact) mass is 488 g/mol. The van der Waals surface area contributed by atoms with Crippen LogP contribution in [0.25, 0.3) is 22.3 Å². The highest BCUT2D eigenvalue weighted by Gasteiger charge is 2.12. The number of H-pyrrole nitrogens is 1. The van der Waals surface area contributed by atoms with E-state index in [1.165, 1.54) is 20.4 Å².